The summed E-state index contributed by atoms with van der Waals surface area (Å²) in [5, 5.41) is 6.65. The zero-order valence-electron chi connectivity index (χ0n) is 11.8. The van der Waals surface area contributed by atoms with Gasteiger partial charge in [0.05, 0.1) is 17.2 Å². The Morgan fingerprint density at radius 1 is 1.32 bits per heavy atom. The number of anilines is 1. The molecule has 19 heavy (non-hydrogen) atoms. The van der Waals surface area contributed by atoms with Crippen LogP contribution in [-0.4, -0.2) is 18.6 Å². The van der Waals surface area contributed by atoms with Crippen molar-refractivity contribution in [2.45, 2.75) is 26.9 Å². The highest BCUT2D eigenvalue weighted by molar-refractivity contribution is 7.09. The van der Waals surface area contributed by atoms with E-state index in [0.717, 1.165) is 30.3 Å². The second-order valence-electron chi connectivity index (χ2n) is 4.62. The molecule has 1 N–H and O–H groups in total. The summed E-state index contributed by atoms with van der Waals surface area (Å²) >= 11 is 1.71. The molecule has 0 atom stereocenters. The van der Waals surface area contributed by atoms with Crippen LogP contribution in [0.1, 0.15) is 23.2 Å². The molecule has 0 amide bonds. The van der Waals surface area contributed by atoms with Crippen LogP contribution in [0.3, 0.4) is 0 Å². The van der Waals surface area contributed by atoms with E-state index in [1.165, 1.54) is 11.3 Å². The van der Waals surface area contributed by atoms with Crippen LogP contribution in [0.5, 0.6) is 0 Å². The third kappa shape index (κ3) is 3.78. The van der Waals surface area contributed by atoms with Gasteiger partial charge in [0.2, 0.25) is 0 Å². The van der Waals surface area contributed by atoms with E-state index >= 15 is 0 Å². The number of aryl methyl sites for hydroxylation is 1. The zero-order chi connectivity index (χ0) is 13.7. The lowest BCUT2D eigenvalue weighted by molar-refractivity contribution is 0.722. The molecule has 3 nitrogen and oxygen atoms in total. The van der Waals surface area contributed by atoms with Gasteiger partial charge in [-0.1, -0.05) is 25.1 Å². The van der Waals surface area contributed by atoms with Gasteiger partial charge in [0, 0.05) is 24.7 Å². The summed E-state index contributed by atoms with van der Waals surface area (Å²) in [6.45, 7) is 6.93. The third-order valence-corrected chi connectivity index (χ3v) is 3.86. The molecule has 0 radical (unpaired) electrons. The Bertz CT molecular complexity index is 522. The Morgan fingerprint density at radius 2 is 2.11 bits per heavy atom. The van der Waals surface area contributed by atoms with Crippen LogP contribution in [0.15, 0.2) is 29.6 Å². The normalized spacial score (nSPS) is 10.7. The summed E-state index contributed by atoms with van der Waals surface area (Å²) in [7, 11) is 2.12. The molecule has 1 aromatic carbocycles. The number of thiazole rings is 1. The van der Waals surface area contributed by atoms with E-state index in [1.807, 2.05) is 6.92 Å². The Kier molecular flexibility index (Phi) is 4.93. The molecule has 0 aliphatic heterocycles. The molecule has 0 aliphatic rings. The largest absolute Gasteiger partial charge is 0.368 e. The average molecular weight is 275 g/mol. The highest BCUT2D eigenvalue weighted by Gasteiger charge is 2.08. The van der Waals surface area contributed by atoms with Gasteiger partial charge in [0.15, 0.2) is 0 Å². The molecule has 1 heterocycles. The van der Waals surface area contributed by atoms with Crippen LogP contribution in [0.25, 0.3) is 0 Å². The quantitative estimate of drug-likeness (QED) is 0.877. The standard InChI is InChI=1S/C15H21N3S/c1-4-16-9-13-7-5-6-8-15(13)18(3)10-14-11-19-12(2)17-14/h5-8,11,16H,4,9-10H2,1-3H3. The second kappa shape index (κ2) is 6.68. The van der Waals surface area contributed by atoms with Gasteiger partial charge in [0.1, 0.15) is 0 Å². The topological polar surface area (TPSA) is 28.2 Å². The van der Waals surface area contributed by atoms with Crippen molar-refractivity contribution < 1.29 is 0 Å². The predicted octanol–water partition coefficient (Wildman–Crippen LogP) is 3.20. The third-order valence-electron chi connectivity index (χ3n) is 3.03. The number of rotatable bonds is 6. The van der Waals surface area contributed by atoms with Crippen molar-refractivity contribution in [2.24, 2.45) is 0 Å². The fraction of sp³-hybridized carbons (Fsp3) is 0.400. The number of hydrogen-bond donors (Lipinski definition) is 1. The number of nitrogens with one attached hydrogen (secondary N) is 1. The molecule has 0 spiro atoms. The van der Waals surface area contributed by atoms with Crippen molar-refractivity contribution in [1.82, 2.24) is 10.3 Å². The minimum Gasteiger partial charge on any atom is -0.368 e. The SMILES string of the molecule is CCNCc1ccccc1N(C)Cc1csc(C)n1. The Morgan fingerprint density at radius 3 is 2.79 bits per heavy atom. The second-order valence-corrected chi connectivity index (χ2v) is 5.69. The van der Waals surface area contributed by atoms with Gasteiger partial charge in [0.25, 0.3) is 0 Å². The van der Waals surface area contributed by atoms with E-state index in [2.05, 4.69) is 58.8 Å². The van der Waals surface area contributed by atoms with Gasteiger partial charge >= 0.3 is 0 Å². The van der Waals surface area contributed by atoms with Crippen LogP contribution in [0.4, 0.5) is 5.69 Å². The van der Waals surface area contributed by atoms with E-state index in [9.17, 15) is 0 Å². The van der Waals surface area contributed by atoms with Gasteiger partial charge in [-0.2, -0.15) is 0 Å². The first-order chi connectivity index (χ1) is 9.20. The first-order valence-electron chi connectivity index (χ1n) is 6.61. The average Bonchev–Trinajstić information content (AvgIpc) is 2.82. The fourth-order valence-electron chi connectivity index (χ4n) is 2.10. The van der Waals surface area contributed by atoms with Crippen molar-refractivity contribution in [2.75, 3.05) is 18.5 Å². The molecule has 2 aromatic rings. The van der Waals surface area contributed by atoms with Crippen LogP contribution in [-0.2, 0) is 13.1 Å². The van der Waals surface area contributed by atoms with Crippen LogP contribution < -0.4 is 10.2 Å². The summed E-state index contributed by atoms with van der Waals surface area (Å²) < 4.78 is 0. The zero-order valence-corrected chi connectivity index (χ0v) is 12.6. The minimum absolute atomic E-state index is 0.855. The first kappa shape index (κ1) is 14.0. The number of hydrogen-bond acceptors (Lipinski definition) is 4. The molecule has 102 valence electrons. The monoisotopic (exact) mass is 275 g/mol. The molecule has 0 unspecified atom stereocenters. The fourth-order valence-corrected chi connectivity index (χ4v) is 2.71. The van der Waals surface area contributed by atoms with E-state index in [-0.39, 0.29) is 0 Å². The number of nitrogens with zero attached hydrogens (tertiary/aromatic N) is 2. The van der Waals surface area contributed by atoms with Crippen molar-refractivity contribution in [3.63, 3.8) is 0 Å². The molecule has 2 rings (SSSR count). The molecular weight excluding hydrogens is 254 g/mol. The Balaban J connectivity index is 2.11. The lowest BCUT2D eigenvalue weighted by Gasteiger charge is -2.21. The van der Waals surface area contributed by atoms with Gasteiger partial charge in [-0.3, -0.25) is 0 Å². The summed E-state index contributed by atoms with van der Waals surface area (Å²) in [6.07, 6.45) is 0. The molecule has 4 heteroatoms. The van der Waals surface area contributed by atoms with Gasteiger partial charge in [-0.05, 0) is 25.1 Å². The molecule has 0 saturated carbocycles. The molecule has 0 aliphatic carbocycles. The maximum Gasteiger partial charge on any atom is 0.0898 e. The lowest BCUT2D eigenvalue weighted by atomic mass is 10.1. The number of para-hydroxylation sites is 1. The molecular formula is C15H21N3S. The smallest absolute Gasteiger partial charge is 0.0898 e. The number of benzene rings is 1. The highest BCUT2D eigenvalue weighted by atomic mass is 32.1. The van der Waals surface area contributed by atoms with Gasteiger partial charge in [-0.25, -0.2) is 4.98 Å². The van der Waals surface area contributed by atoms with E-state index in [1.54, 1.807) is 11.3 Å². The van der Waals surface area contributed by atoms with Gasteiger partial charge < -0.3 is 10.2 Å². The minimum atomic E-state index is 0.855. The van der Waals surface area contributed by atoms with Crippen molar-refractivity contribution in [1.29, 1.82) is 0 Å². The Hall–Kier alpha value is -1.39. The van der Waals surface area contributed by atoms with Crippen LogP contribution >= 0.6 is 11.3 Å². The Labute approximate surface area is 119 Å². The molecule has 0 fully saturated rings. The highest BCUT2D eigenvalue weighted by Crippen LogP contribution is 2.21. The molecule has 0 saturated heterocycles. The number of aromatic nitrogens is 1. The van der Waals surface area contributed by atoms with Crippen molar-refractivity contribution >= 4 is 17.0 Å². The summed E-state index contributed by atoms with van der Waals surface area (Å²) in [4.78, 5) is 6.79. The van der Waals surface area contributed by atoms with Gasteiger partial charge in [-0.15, -0.1) is 11.3 Å². The lowest BCUT2D eigenvalue weighted by Crippen LogP contribution is -2.20. The van der Waals surface area contributed by atoms with Crippen LogP contribution in [0.2, 0.25) is 0 Å². The van der Waals surface area contributed by atoms with E-state index in [0.29, 0.717) is 0 Å². The van der Waals surface area contributed by atoms with Crippen LogP contribution in [0, 0.1) is 6.92 Å². The first-order valence-corrected chi connectivity index (χ1v) is 7.49. The summed E-state index contributed by atoms with van der Waals surface area (Å²) in [5.74, 6) is 0. The molecule has 0 bridgehead atoms. The van der Waals surface area contributed by atoms with Crippen molar-refractivity contribution in [3.8, 4) is 0 Å². The van der Waals surface area contributed by atoms with Crippen molar-refractivity contribution in [3.05, 3.63) is 45.9 Å². The predicted molar refractivity (Wildman–Crippen MR) is 82.8 cm³/mol. The maximum atomic E-state index is 4.53. The summed E-state index contributed by atoms with van der Waals surface area (Å²) in [5.41, 5.74) is 3.75. The van der Waals surface area contributed by atoms with E-state index < -0.39 is 0 Å². The van der Waals surface area contributed by atoms with E-state index in [4.69, 9.17) is 0 Å². The maximum absolute atomic E-state index is 4.53. The molecule has 1 aromatic heterocycles. The summed E-state index contributed by atoms with van der Waals surface area (Å²) in [6, 6.07) is 8.54.